The van der Waals surface area contributed by atoms with Crippen LogP contribution in [0.15, 0.2) is 42.6 Å². The van der Waals surface area contributed by atoms with E-state index < -0.39 is 0 Å². The van der Waals surface area contributed by atoms with Crippen LogP contribution < -0.4 is 10.1 Å². The number of carbonyl (C=O) groups excluding carboxylic acids is 1. The summed E-state index contributed by atoms with van der Waals surface area (Å²) in [5, 5.41) is 2.90. The average molecular weight is 312 g/mol. The number of pyridine rings is 1. The van der Waals surface area contributed by atoms with Gasteiger partial charge in [0.2, 0.25) is 5.91 Å². The first-order chi connectivity index (χ1) is 11.2. The quantitative estimate of drug-likeness (QED) is 0.812. The van der Waals surface area contributed by atoms with Crippen LogP contribution >= 0.6 is 0 Å². The summed E-state index contributed by atoms with van der Waals surface area (Å²) in [4.78, 5) is 16.0. The number of carbonyl (C=O) groups is 1. The second kappa shape index (κ2) is 8.93. The standard InChI is InChI=1S/C19H24N2O2/c1-3-23-18-11-10-16(13-15(18)2)7-6-9-19(22)21-14-17-8-4-5-12-20-17/h4-5,8,10-13H,3,6-7,9,14H2,1-2H3,(H,21,22). The Balaban J connectivity index is 1.72. The smallest absolute Gasteiger partial charge is 0.220 e. The molecule has 2 rings (SSSR count). The summed E-state index contributed by atoms with van der Waals surface area (Å²) in [5.74, 6) is 1.00. The molecule has 4 nitrogen and oxygen atoms in total. The third-order valence-corrected chi connectivity index (χ3v) is 3.60. The molecule has 1 aromatic carbocycles. The van der Waals surface area contributed by atoms with E-state index in [1.54, 1.807) is 6.20 Å². The first-order valence-corrected chi connectivity index (χ1v) is 8.08. The molecular formula is C19H24N2O2. The lowest BCUT2D eigenvalue weighted by molar-refractivity contribution is -0.121. The highest BCUT2D eigenvalue weighted by Gasteiger charge is 2.04. The van der Waals surface area contributed by atoms with Crippen LogP contribution in [-0.4, -0.2) is 17.5 Å². The molecule has 0 aliphatic carbocycles. The van der Waals surface area contributed by atoms with Gasteiger partial charge in [0.15, 0.2) is 0 Å². The van der Waals surface area contributed by atoms with Crippen LogP contribution in [0.4, 0.5) is 0 Å². The summed E-state index contributed by atoms with van der Waals surface area (Å²) in [6.45, 7) is 5.20. The van der Waals surface area contributed by atoms with E-state index in [1.807, 2.05) is 38.1 Å². The van der Waals surface area contributed by atoms with Crippen LogP contribution in [0.3, 0.4) is 0 Å². The molecule has 1 amide bonds. The van der Waals surface area contributed by atoms with Gasteiger partial charge in [-0.3, -0.25) is 9.78 Å². The number of aromatic nitrogens is 1. The van der Waals surface area contributed by atoms with Gasteiger partial charge in [0, 0.05) is 12.6 Å². The molecule has 0 aliphatic heterocycles. The van der Waals surface area contributed by atoms with Gasteiger partial charge < -0.3 is 10.1 Å². The average Bonchev–Trinajstić information content (AvgIpc) is 2.56. The fourth-order valence-corrected chi connectivity index (χ4v) is 2.42. The Hall–Kier alpha value is -2.36. The monoisotopic (exact) mass is 312 g/mol. The predicted octanol–water partition coefficient (Wildman–Crippen LogP) is 3.43. The zero-order valence-electron chi connectivity index (χ0n) is 13.8. The van der Waals surface area contributed by atoms with Gasteiger partial charge in [-0.25, -0.2) is 0 Å². The molecule has 4 heteroatoms. The fraction of sp³-hybridized carbons (Fsp3) is 0.368. The molecule has 0 saturated carbocycles. The number of amides is 1. The van der Waals surface area contributed by atoms with Crippen molar-refractivity contribution in [1.82, 2.24) is 10.3 Å². The van der Waals surface area contributed by atoms with Gasteiger partial charge in [-0.1, -0.05) is 18.2 Å². The number of ether oxygens (including phenoxy) is 1. The number of aryl methyl sites for hydroxylation is 2. The molecule has 0 fully saturated rings. The van der Waals surface area contributed by atoms with E-state index in [2.05, 4.69) is 22.4 Å². The highest BCUT2D eigenvalue weighted by Crippen LogP contribution is 2.20. The molecule has 0 aliphatic rings. The van der Waals surface area contributed by atoms with Crippen molar-refractivity contribution in [2.75, 3.05) is 6.61 Å². The molecular weight excluding hydrogens is 288 g/mol. The predicted molar refractivity (Wildman–Crippen MR) is 91.4 cm³/mol. The van der Waals surface area contributed by atoms with E-state index in [4.69, 9.17) is 4.74 Å². The Morgan fingerprint density at radius 2 is 2.13 bits per heavy atom. The lowest BCUT2D eigenvalue weighted by Crippen LogP contribution is -2.22. The summed E-state index contributed by atoms with van der Waals surface area (Å²) in [7, 11) is 0. The maximum absolute atomic E-state index is 11.9. The summed E-state index contributed by atoms with van der Waals surface area (Å²) in [6, 6.07) is 11.9. The number of nitrogens with zero attached hydrogens (tertiary/aromatic N) is 1. The third-order valence-electron chi connectivity index (χ3n) is 3.60. The summed E-state index contributed by atoms with van der Waals surface area (Å²) in [6.07, 6.45) is 3.99. The zero-order chi connectivity index (χ0) is 16.5. The number of rotatable bonds is 8. The van der Waals surface area contributed by atoms with E-state index in [9.17, 15) is 4.79 Å². The Bertz CT molecular complexity index is 627. The van der Waals surface area contributed by atoms with E-state index >= 15 is 0 Å². The highest BCUT2D eigenvalue weighted by molar-refractivity contribution is 5.75. The van der Waals surface area contributed by atoms with Crippen molar-refractivity contribution in [2.24, 2.45) is 0 Å². The van der Waals surface area contributed by atoms with E-state index in [-0.39, 0.29) is 5.91 Å². The van der Waals surface area contributed by atoms with Crippen molar-refractivity contribution in [3.8, 4) is 5.75 Å². The summed E-state index contributed by atoms with van der Waals surface area (Å²) >= 11 is 0. The van der Waals surface area contributed by atoms with Gasteiger partial charge >= 0.3 is 0 Å². The molecule has 1 heterocycles. The molecule has 0 spiro atoms. The van der Waals surface area contributed by atoms with Crippen LogP contribution in [0.25, 0.3) is 0 Å². The first kappa shape index (κ1) is 17.0. The van der Waals surface area contributed by atoms with Gasteiger partial charge in [-0.15, -0.1) is 0 Å². The normalized spacial score (nSPS) is 10.3. The van der Waals surface area contributed by atoms with Crippen molar-refractivity contribution >= 4 is 5.91 Å². The molecule has 0 saturated heterocycles. The second-order valence-corrected chi connectivity index (χ2v) is 5.48. The van der Waals surface area contributed by atoms with E-state index in [0.717, 1.165) is 29.8 Å². The Labute approximate surface area is 137 Å². The van der Waals surface area contributed by atoms with Crippen molar-refractivity contribution in [3.63, 3.8) is 0 Å². The van der Waals surface area contributed by atoms with Crippen molar-refractivity contribution in [2.45, 2.75) is 39.7 Å². The summed E-state index contributed by atoms with van der Waals surface area (Å²) in [5.41, 5.74) is 3.26. The topological polar surface area (TPSA) is 51.2 Å². The van der Waals surface area contributed by atoms with Crippen LogP contribution in [0.5, 0.6) is 5.75 Å². The number of benzene rings is 1. The molecule has 0 unspecified atom stereocenters. The lowest BCUT2D eigenvalue weighted by atomic mass is 10.0. The third kappa shape index (κ3) is 5.74. The van der Waals surface area contributed by atoms with E-state index in [0.29, 0.717) is 19.6 Å². The van der Waals surface area contributed by atoms with Crippen LogP contribution in [0.2, 0.25) is 0 Å². The van der Waals surface area contributed by atoms with Gasteiger partial charge in [-0.2, -0.15) is 0 Å². The van der Waals surface area contributed by atoms with Crippen molar-refractivity contribution in [3.05, 3.63) is 59.4 Å². The first-order valence-electron chi connectivity index (χ1n) is 8.08. The maximum atomic E-state index is 11.9. The van der Waals surface area contributed by atoms with Gasteiger partial charge in [-0.05, 0) is 56.0 Å². The Morgan fingerprint density at radius 3 is 2.83 bits per heavy atom. The molecule has 23 heavy (non-hydrogen) atoms. The van der Waals surface area contributed by atoms with Crippen LogP contribution in [0, 0.1) is 6.92 Å². The SMILES string of the molecule is CCOc1ccc(CCCC(=O)NCc2ccccn2)cc1C. The second-order valence-electron chi connectivity index (χ2n) is 5.48. The zero-order valence-corrected chi connectivity index (χ0v) is 13.8. The number of hydrogen-bond acceptors (Lipinski definition) is 3. The lowest BCUT2D eigenvalue weighted by Gasteiger charge is -2.09. The molecule has 0 radical (unpaired) electrons. The Kier molecular flexibility index (Phi) is 6.60. The molecule has 0 atom stereocenters. The van der Waals surface area contributed by atoms with Crippen molar-refractivity contribution < 1.29 is 9.53 Å². The molecule has 0 bridgehead atoms. The Morgan fingerprint density at radius 1 is 1.26 bits per heavy atom. The molecule has 1 N–H and O–H groups in total. The molecule has 122 valence electrons. The summed E-state index contributed by atoms with van der Waals surface area (Å²) < 4.78 is 5.54. The molecule has 1 aromatic heterocycles. The fourth-order valence-electron chi connectivity index (χ4n) is 2.42. The largest absolute Gasteiger partial charge is 0.494 e. The molecule has 2 aromatic rings. The minimum atomic E-state index is 0.0679. The minimum absolute atomic E-state index is 0.0679. The van der Waals surface area contributed by atoms with Crippen molar-refractivity contribution in [1.29, 1.82) is 0 Å². The van der Waals surface area contributed by atoms with Gasteiger partial charge in [0.1, 0.15) is 5.75 Å². The minimum Gasteiger partial charge on any atom is -0.494 e. The van der Waals surface area contributed by atoms with Gasteiger partial charge in [0.25, 0.3) is 0 Å². The van der Waals surface area contributed by atoms with Gasteiger partial charge in [0.05, 0.1) is 18.8 Å². The number of hydrogen-bond donors (Lipinski definition) is 1. The van der Waals surface area contributed by atoms with E-state index in [1.165, 1.54) is 5.56 Å². The van der Waals surface area contributed by atoms with Crippen LogP contribution in [-0.2, 0) is 17.8 Å². The van der Waals surface area contributed by atoms with Crippen LogP contribution in [0.1, 0.15) is 36.6 Å². The number of nitrogens with one attached hydrogen (secondary N) is 1. The maximum Gasteiger partial charge on any atom is 0.220 e. The highest BCUT2D eigenvalue weighted by atomic mass is 16.5.